The molecule has 0 atom stereocenters. The van der Waals surface area contributed by atoms with Gasteiger partial charge in [0.15, 0.2) is 0 Å². The Hall–Kier alpha value is -1.11. The number of urea groups is 1. The molecule has 0 fully saturated rings. The Morgan fingerprint density at radius 3 is 1.54 bits per heavy atom. The predicted molar refractivity (Wildman–Crippen MR) is 50.0 cm³/mol. The van der Waals surface area contributed by atoms with Crippen LogP contribution in [0.15, 0.2) is 13.2 Å². The lowest BCUT2D eigenvalue weighted by molar-refractivity contribution is 0.0650. The molecule has 0 radical (unpaired) electrons. The molecule has 6 heteroatoms. The average Bonchev–Trinajstić information content (AvgIpc) is 2.08. The molecule has 0 unspecified atom stereocenters. The van der Waals surface area contributed by atoms with Gasteiger partial charge in [-0.25, -0.2) is 4.79 Å². The second kappa shape index (κ2) is 22.4. The Morgan fingerprint density at radius 2 is 1.38 bits per heavy atom. The molecule has 13 heavy (non-hydrogen) atoms. The SMILES string of the molecule is C=C.NC(N)=O.OCCOCCO. The number of carbonyl (C=O) groups excluding carboxylic acids is 1. The third-order valence-corrected chi connectivity index (χ3v) is 0.471. The largest absolute Gasteiger partial charge is 0.394 e. The van der Waals surface area contributed by atoms with Crippen molar-refractivity contribution in [3.05, 3.63) is 13.2 Å². The number of aliphatic hydroxyl groups excluding tert-OH is 2. The number of rotatable bonds is 4. The monoisotopic (exact) mass is 194 g/mol. The van der Waals surface area contributed by atoms with Gasteiger partial charge in [-0.15, -0.1) is 13.2 Å². The first-order valence-corrected chi connectivity index (χ1v) is 3.49. The zero-order valence-electron chi connectivity index (χ0n) is 7.61. The Morgan fingerprint density at radius 1 is 1.15 bits per heavy atom. The first-order valence-electron chi connectivity index (χ1n) is 3.49. The highest BCUT2D eigenvalue weighted by Crippen LogP contribution is 1.68. The van der Waals surface area contributed by atoms with Crippen molar-refractivity contribution in [2.45, 2.75) is 0 Å². The van der Waals surface area contributed by atoms with Gasteiger partial charge in [-0.2, -0.15) is 0 Å². The van der Waals surface area contributed by atoms with Gasteiger partial charge in [-0.1, -0.05) is 0 Å². The minimum Gasteiger partial charge on any atom is -0.394 e. The molecule has 0 saturated carbocycles. The van der Waals surface area contributed by atoms with Gasteiger partial charge >= 0.3 is 6.03 Å². The summed E-state index contributed by atoms with van der Waals surface area (Å²) in [7, 11) is 0. The standard InChI is InChI=1S/C4H10O3.C2H4.CH4N2O/c5-1-3-7-4-2-6;1-2;2-1(3)4/h5-6H,1-4H2;1-2H2;(H4,2,3,4). The molecule has 0 heterocycles. The van der Waals surface area contributed by atoms with E-state index in [1.807, 2.05) is 0 Å². The molecule has 0 spiro atoms. The van der Waals surface area contributed by atoms with Gasteiger partial charge in [0.05, 0.1) is 26.4 Å². The van der Waals surface area contributed by atoms with Crippen LogP contribution in [0.1, 0.15) is 0 Å². The molecule has 6 nitrogen and oxygen atoms in total. The number of ether oxygens (including phenoxy) is 1. The van der Waals surface area contributed by atoms with E-state index >= 15 is 0 Å². The first-order chi connectivity index (χ1) is 6.15. The quantitative estimate of drug-likeness (QED) is 0.332. The highest BCUT2D eigenvalue weighted by molar-refractivity contribution is 5.69. The molecule has 0 aliphatic rings. The summed E-state index contributed by atoms with van der Waals surface area (Å²) in [6.07, 6.45) is 0. The smallest absolute Gasteiger partial charge is 0.309 e. The van der Waals surface area contributed by atoms with Crippen molar-refractivity contribution in [2.75, 3.05) is 26.4 Å². The molecule has 80 valence electrons. The maximum atomic E-state index is 9.00. The number of primary amides is 2. The number of aliphatic hydroxyl groups is 2. The zero-order valence-corrected chi connectivity index (χ0v) is 7.61. The summed E-state index contributed by atoms with van der Waals surface area (Å²) in [6.45, 7) is 6.70. The fraction of sp³-hybridized carbons (Fsp3) is 0.571. The molecule has 0 bridgehead atoms. The third-order valence-electron chi connectivity index (χ3n) is 0.471. The van der Waals surface area contributed by atoms with E-state index < -0.39 is 6.03 Å². The van der Waals surface area contributed by atoms with Crippen molar-refractivity contribution in [1.29, 1.82) is 0 Å². The average molecular weight is 194 g/mol. The summed E-state index contributed by atoms with van der Waals surface area (Å²) in [5, 5.41) is 16.2. The topological polar surface area (TPSA) is 119 Å². The molecular weight excluding hydrogens is 176 g/mol. The second-order valence-electron chi connectivity index (χ2n) is 1.46. The van der Waals surface area contributed by atoms with Crippen molar-refractivity contribution < 1.29 is 19.7 Å². The van der Waals surface area contributed by atoms with Crippen LogP contribution in [0, 0.1) is 0 Å². The number of carbonyl (C=O) groups is 1. The fourth-order valence-electron chi connectivity index (χ4n) is 0.231. The van der Waals surface area contributed by atoms with E-state index in [0.29, 0.717) is 13.2 Å². The summed E-state index contributed by atoms with van der Waals surface area (Å²) in [6, 6.07) is -0.833. The summed E-state index contributed by atoms with van der Waals surface area (Å²) < 4.78 is 4.63. The molecule has 0 aliphatic carbocycles. The number of amides is 2. The van der Waals surface area contributed by atoms with E-state index in [9.17, 15) is 0 Å². The Kier molecular flexibility index (Phi) is 30.8. The molecule has 0 rings (SSSR count). The van der Waals surface area contributed by atoms with Crippen molar-refractivity contribution in [3.8, 4) is 0 Å². The van der Waals surface area contributed by atoms with Gasteiger partial charge < -0.3 is 26.4 Å². The van der Waals surface area contributed by atoms with Crippen LogP contribution in [0.5, 0.6) is 0 Å². The maximum absolute atomic E-state index is 9.00. The zero-order chi connectivity index (χ0) is 11.1. The molecule has 0 aromatic heterocycles. The highest BCUT2D eigenvalue weighted by Gasteiger charge is 1.79. The van der Waals surface area contributed by atoms with Gasteiger partial charge in [-0.05, 0) is 0 Å². The molecule has 0 aromatic carbocycles. The van der Waals surface area contributed by atoms with Crippen LogP contribution in [-0.4, -0.2) is 42.7 Å². The van der Waals surface area contributed by atoms with E-state index in [-0.39, 0.29) is 13.2 Å². The lowest BCUT2D eigenvalue weighted by Gasteiger charge is -1.94. The van der Waals surface area contributed by atoms with E-state index in [1.165, 1.54) is 0 Å². The van der Waals surface area contributed by atoms with Gasteiger partial charge in [0.25, 0.3) is 0 Å². The maximum Gasteiger partial charge on any atom is 0.309 e. The van der Waals surface area contributed by atoms with Gasteiger partial charge in [0.2, 0.25) is 0 Å². The lowest BCUT2D eigenvalue weighted by Crippen LogP contribution is -2.18. The molecule has 2 amide bonds. The van der Waals surface area contributed by atoms with E-state index in [0.717, 1.165) is 0 Å². The minimum atomic E-state index is -0.833. The van der Waals surface area contributed by atoms with E-state index in [1.54, 1.807) is 0 Å². The van der Waals surface area contributed by atoms with Crippen LogP contribution in [0.2, 0.25) is 0 Å². The van der Waals surface area contributed by atoms with Crippen LogP contribution in [0.3, 0.4) is 0 Å². The third kappa shape index (κ3) is 103. The van der Waals surface area contributed by atoms with Crippen molar-refractivity contribution in [2.24, 2.45) is 11.5 Å². The molecule has 6 N–H and O–H groups in total. The van der Waals surface area contributed by atoms with Crippen LogP contribution in [-0.2, 0) is 4.74 Å². The summed E-state index contributed by atoms with van der Waals surface area (Å²) >= 11 is 0. The summed E-state index contributed by atoms with van der Waals surface area (Å²) in [5.41, 5.74) is 8.50. The van der Waals surface area contributed by atoms with Gasteiger partial charge in [0, 0.05) is 0 Å². The molecule has 0 aromatic rings. The van der Waals surface area contributed by atoms with E-state index in [2.05, 4.69) is 29.4 Å². The summed E-state index contributed by atoms with van der Waals surface area (Å²) in [5.74, 6) is 0. The molecular formula is C7H18N2O4. The highest BCUT2D eigenvalue weighted by atomic mass is 16.5. The van der Waals surface area contributed by atoms with Crippen LogP contribution in [0.25, 0.3) is 0 Å². The van der Waals surface area contributed by atoms with Crippen molar-refractivity contribution in [3.63, 3.8) is 0 Å². The second-order valence-corrected chi connectivity index (χ2v) is 1.46. The van der Waals surface area contributed by atoms with Crippen LogP contribution >= 0.6 is 0 Å². The van der Waals surface area contributed by atoms with E-state index in [4.69, 9.17) is 15.0 Å². The van der Waals surface area contributed by atoms with Gasteiger partial charge in [0.1, 0.15) is 0 Å². The Bertz CT molecular complexity index is 92.5. The number of hydrogen-bond acceptors (Lipinski definition) is 4. The minimum absolute atomic E-state index is 0.0278. The lowest BCUT2D eigenvalue weighted by atomic mass is 10.7. The normalized spacial score (nSPS) is 7.23. The Balaban J connectivity index is -0.000000142. The molecule has 0 aliphatic heterocycles. The van der Waals surface area contributed by atoms with Crippen molar-refractivity contribution >= 4 is 6.03 Å². The van der Waals surface area contributed by atoms with Crippen molar-refractivity contribution in [1.82, 2.24) is 0 Å². The van der Waals surface area contributed by atoms with Crippen LogP contribution in [0.4, 0.5) is 4.79 Å². The number of nitrogens with two attached hydrogens (primary N) is 2. The van der Waals surface area contributed by atoms with Gasteiger partial charge in [-0.3, -0.25) is 0 Å². The predicted octanol–water partition coefficient (Wildman–Crippen LogP) is -1.19. The first kappa shape index (κ1) is 17.8. The number of hydrogen-bond donors (Lipinski definition) is 4. The Labute approximate surface area is 77.8 Å². The van der Waals surface area contributed by atoms with Crippen LogP contribution < -0.4 is 11.5 Å². The fourth-order valence-corrected chi connectivity index (χ4v) is 0.231. The summed E-state index contributed by atoms with van der Waals surface area (Å²) in [4.78, 5) is 9.00. The molecule has 0 saturated heterocycles.